The van der Waals surface area contributed by atoms with E-state index in [1.54, 1.807) is 0 Å². The summed E-state index contributed by atoms with van der Waals surface area (Å²) in [5.74, 6) is 2.13. The highest BCUT2D eigenvalue weighted by atomic mass is 16.5. The summed E-state index contributed by atoms with van der Waals surface area (Å²) >= 11 is 0. The third-order valence-corrected chi connectivity index (χ3v) is 3.27. The monoisotopic (exact) mass is 263 g/mol. The molecule has 2 rings (SSSR count). The fourth-order valence-electron chi connectivity index (χ4n) is 2.06. The van der Waals surface area contributed by atoms with Gasteiger partial charge in [0, 0.05) is 12.0 Å². The number of nitrogens with one attached hydrogen (secondary N) is 1. The molecule has 0 radical (unpaired) electrons. The van der Waals surface area contributed by atoms with Crippen molar-refractivity contribution in [2.75, 3.05) is 18.5 Å². The molecule has 1 fully saturated rings. The molecular formula is C15H21NO3. The van der Waals surface area contributed by atoms with E-state index in [9.17, 15) is 4.79 Å². The Kier molecular flexibility index (Phi) is 4.30. The summed E-state index contributed by atoms with van der Waals surface area (Å²) in [6.07, 6.45) is 0.973. The number of ether oxygens (including phenoxy) is 2. The number of hydrogen-bond acceptors (Lipinski definition) is 3. The van der Waals surface area contributed by atoms with E-state index < -0.39 is 0 Å². The lowest BCUT2D eigenvalue weighted by Crippen LogP contribution is -2.15. The summed E-state index contributed by atoms with van der Waals surface area (Å²) in [6, 6.07) is 5.50. The number of rotatable bonds is 6. The summed E-state index contributed by atoms with van der Waals surface area (Å²) in [5, 5.41) is 2.94. The first kappa shape index (κ1) is 13.7. The lowest BCUT2D eigenvalue weighted by molar-refractivity contribution is -0.117. The van der Waals surface area contributed by atoms with Gasteiger partial charge in [0.2, 0.25) is 5.91 Å². The van der Waals surface area contributed by atoms with Crippen molar-refractivity contribution in [3.8, 4) is 11.5 Å². The number of carbonyl (C=O) groups is 1. The Hall–Kier alpha value is -1.71. The average Bonchev–Trinajstić information content (AvgIpc) is 3.10. The van der Waals surface area contributed by atoms with E-state index in [1.165, 1.54) is 0 Å². The summed E-state index contributed by atoms with van der Waals surface area (Å²) in [7, 11) is 0. The molecule has 4 nitrogen and oxygen atoms in total. The van der Waals surface area contributed by atoms with Crippen molar-refractivity contribution in [3.05, 3.63) is 18.2 Å². The first-order valence-electron chi connectivity index (χ1n) is 6.86. The van der Waals surface area contributed by atoms with Crippen LogP contribution in [0.1, 0.15) is 27.2 Å². The molecule has 0 spiro atoms. The van der Waals surface area contributed by atoms with Crippen LogP contribution in [0.15, 0.2) is 18.2 Å². The van der Waals surface area contributed by atoms with Gasteiger partial charge in [-0.2, -0.15) is 0 Å². The standard InChI is InChI=1S/C15H21NO3/c1-4-18-11-6-7-14(19-5-2)13(9-11)16-15(17)12-8-10(12)3/h6-7,9-10,12H,4-5,8H2,1-3H3,(H,16,17)/t10-,12-/m0/s1. The number of amides is 1. The van der Waals surface area contributed by atoms with Crippen molar-refractivity contribution in [1.29, 1.82) is 0 Å². The maximum atomic E-state index is 12.0. The minimum absolute atomic E-state index is 0.0714. The van der Waals surface area contributed by atoms with Crippen LogP contribution in [0.5, 0.6) is 11.5 Å². The molecule has 1 amide bonds. The maximum absolute atomic E-state index is 12.0. The van der Waals surface area contributed by atoms with Crippen LogP contribution in [-0.4, -0.2) is 19.1 Å². The van der Waals surface area contributed by atoms with Crippen LogP contribution < -0.4 is 14.8 Å². The molecular weight excluding hydrogens is 242 g/mol. The van der Waals surface area contributed by atoms with E-state index >= 15 is 0 Å². The predicted octanol–water partition coefficient (Wildman–Crippen LogP) is 3.08. The van der Waals surface area contributed by atoms with Crippen LogP contribution in [0.4, 0.5) is 5.69 Å². The third-order valence-electron chi connectivity index (χ3n) is 3.27. The predicted molar refractivity (Wildman–Crippen MR) is 74.7 cm³/mol. The molecule has 0 heterocycles. The van der Waals surface area contributed by atoms with Crippen molar-refractivity contribution in [2.24, 2.45) is 11.8 Å². The van der Waals surface area contributed by atoms with Gasteiger partial charge in [0.15, 0.2) is 0 Å². The van der Waals surface area contributed by atoms with Crippen molar-refractivity contribution in [3.63, 3.8) is 0 Å². The summed E-state index contributed by atoms with van der Waals surface area (Å²) in [6.45, 7) is 7.10. The number of anilines is 1. The zero-order valence-corrected chi connectivity index (χ0v) is 11.7. The van der Waals surface area contributed by atoms with E-state index in [0.29, 0.717) is 30.6 Å². The molecule has 104 valence electrons. The molecule has 1 aliphatic carbocycles. The second-order valence-corrected chi connectivity index (χ2v) is 4.83. The van der Waals surface area contributed by atoms with E-state index in [0.717, 1.165) is 12.2 Å². The van der Waals surface area contributed by atoms with Crippen molar-refractivity contribution >= 4 is 11.6 Å². The molecule has 0 aromatic heterocycles. The Balaban J connectivity index is 2.14. The quantitative estimate of drug-likeness (QED) is 0.858. The highest BCUT2D eigenvalue weighted by molar-refractivity contribution is 5.95. The maximum Gasteiger partial charge on any atom is 0.227 e. The fourth-order valence-corrected chi connectivity index (χ4v) is 2.06. The van der Waals surface area contributed by atoms with Crippen molar-refractivity contribution in [2.45, 2.75) is 27.2 Å². The fraction of sp³-hybridized carbons (Fsp3) is 0.533. The van der Waals surface area contributed by atoms with Gasteiger partial charge in [0.1, 0.15) is 11.5 Å². The van der Waals surface area contributed by atoms with Gasteiger partial charge in [0.25, 0.3) is 0 Å². The lowest BCUT2D eigenvalue weighted by atomic mass is 10.2. The SMILES string of the molecule is CCOc1ccc(OCC)c(NC(=O)[C@H]2C[C@@H]2C)c1. The van der Waals surface area contributed by atoms with Crippen LogP contribution >= 0.6 is 0 Å². The Morgan fingerprint density at radius 3 is 2.58 bits per heavy atom. The smallest absolute Gasteiger partial charge is 0.227 e. The Labute approximate surface area is 114 Å². The van der Waals surface area contributed by atoms with Crippen molar-refractivity contribution < 1.29 is 14.3 Å². The normalized spacial score (nSPS) is 20.8. The van der Waals surface area contributed by atoms with E-state index in [-0.39, 0.29) is 11.8 Å². The molecule has 1 aromatic rings. The number of carbonyl (C=O) groups excluding carboxylic acids is 1. The van der Waals surface area contributed by atoms with Gasteiger partial charge >= 0.3 is 0 Å². The van der Waals surface area contributed by atoms with Gasteiger partial charge in [-0.3, -0.25) is 4.79 Å². The van der Waals surface area contributed by atoms with Crippen molar-refractivity contribution in [1.82, 2.24) is 0 Å². The lowest BCUT2D eigenvalue weighted by Gasteiger charge is -2.13. The Morgan fingerprint density at radius 1 is 1.32 bits per heavy atom. The van der Waals surface area contributed by atoms with Crippen LogP contribution in [0, 0.1) is 11.8 Å². The molecule has 1 aromatic carbocycles. The molecule has 2 atom stereocenters. The zero-order chi connectivity index (χ0) is 13.8. The molecule has 19 heavy (non-hydrogen) atoms. The van der Waals surface area contributed by atoms with Gasteiger partial charge in [0.05, 0.1) is 18.9 Å². The van der Waals surface area contributed by atoms with Crippen LogP contribution in [-0.2, 0) is 4.79 Å². The van der Waals surface area contributed by atoms with Gasteiger partial charge < -0.3 is 14.8 Å². The molecule has 0 saturated heterocycles. The average molecular weight is 263 g/mol. The second kappa shape index (κ2) is 5.95. The second-order valence-electron chi connectivity index (χ2n) is 4.83. The summed E-state index contributed by atoms with van der Waals surface area (Å²) < 4.78 is 11.0. The largest absolute Gasteiger partial charge is 0.494 e. The molecule has 4 heteroatoms. The highest BCUT2D eigenvalue weighted by Gasteiger charge is 2.39. The van der Waals surface area contributed by atoms with E-state index in [4.69, 9.17) is 9.47 Å². The summed E-state index contributed by atoms with van der Waals surface area (Å²) in [4.78, 5) is 12.0. The third kappa shape index (κ3) is 3.40. The van der Waals surface area contributed by atoms with Gasteiger partial charge in [-0.1, -0.05) is 6.92 Å². The first-order chi connectivity index (χ1) is 9.15. The molecule has 0 unspecified atom stereocenters. The minimum Gasteiger partial charge on any atom is -0.494 e. The molecule has 1 N–H and O–H groups in total. The van der Waals surface area contributed by atoms with E-state index in [2.05, 4.69) is 12.2 Å². The number of hydrogen-bond donors (Lipinski definition) is 1. The summed E-state index contributed by atoms with van der Waals surface area (Å²) in [5.41, 5.74) is 0.692. The topological polar surface area (TPSA) is 47.6 Å². The minimum atomic E-state index is 0.0714. The van der Waals surface area contributed by atoms with Crippen LogP contribution in [0.25, 0.3) is 0 Å². The van der Waals surface area contributed by atoms with E-state index in [1.807, 2.05) is 32.0 Å². The van der Waals surface area contributed by atoms with Crippen LogP contribution in [0.2, 0.25) is 0 Å². The van der Waals surface area contributed by atoms with Gasteiger partial charge in [-0.05, 0) is 38.3 Å². The van der Waals surface area contributed by atoms with Gasteiger partial charge in [-0.25, -0.2) is 0 Å². The molecule has 0 bridgehead atoms. The molecule has 0 aliphatic heterocycles. The highest BCUT2D eigenvalue weighted by Crippen LogP contribution is 2.39. The van der Waals surface area contributed by atoms with Gasteiger partial charge in [-0.15, -0.1) is 0 Å². The first-order valence-corrected chi connectivity index (χ1v) is 6.86. The Morgan fingerprint density at radius 2 is 2.00 bits per heavy atom. The zero-order valence-electron chi connectivity index (χ0n) is 11.7. The number of benzene rings is 1. The molecule has 1 saturated carbocycles. The Bertz CT molecular complexity index is 459. The van der Waals surface area contributed by atoms with Crippen LogP contribution in [0.3, 0.4) is 0 Å². The molecule has 1 aliphatic rings.